The van der Waals surface area contributed by atoms with Crippen LogP contribution >= 0.6 is 7.82 Å². The second kappa shape index (κ2) is 5.17. The van der Waals surface area contributed by atoms with E-state index in [2.05, 4.69) is 20.2 Å². The van der Waals surface area contributed by atoms with Crippen LogP contribution in [0.25, 0.3) is 0 Å². The van der Waals surface area contributed by atoms with E-state index >= 15 is 0 Å². The number of phosphoric ester groups is 1. The van der Waals surface area contributed by atoms with Crippen molar-refractivity contribution in [2.24, 2.45) is 0 Å². The van der Waals surface area contributed by atoms with Gasteiger partial charge in [0.2, 0.25) is 0 Å². The molecular weight excluding hydrogens is 269 g/mol. The molecule has 4 nitrogen and oxygen atoms in total. The Labute approximate surface area is 85.4 Å². The molecule has 0 fully saturated rings. The summed E-state index contributed by atoms with van der Waals surface area (Å²) in [5.74, 6) is 0. The second-order valence-electron chi connectivity index (χ2n) is 2.11. The van der Waals surface area contributed by atoms with Gasteiger partial charge in [-0.05, 0) is 0 Å². The third-order valence-corrected chi connectivity index (χ3v) is 2.11. The smallest absolute Gasteiger partial charge is 0.282 e. The minimum absolute atomic E-state index is 0.770. The number of phosphoric acid groups is 1. The number of hydrogen-bond acceptors (Lipinski definition) is 4. The van der Waals surface area contributed by atoms with E-state index < -0.39 is 27.2 Å². The lowest BCUT2D eigenvalue weighted by atomic mass is 10.7. The van der Waals surface area contributed by atoms with Gasteiger partial charge in [0.1, 0.15) is 0 Å². The Morgan fingerprint density at radius 1 is 1.06 bits per heavy atom. The van der Waals surface area contributed by atoms with Gasteiger partial charge < -0.3 is 0 Å². The summed E-state index contributed by atoms with van der Waals surface area (Å²) in [5.41, 5.74) is 0. The molecule has 0 aromatic rings. The first-order valence-electron chi connectivity index (χ1n) is 3.38. The van der Waals surface area contributed by atoms with Crippen LogP contribution in [0, 0.1) is 0 Å². The summed E-state index contributed by atoms with van der Waals surface area (Å²) < 4.78 is 89.5. The van der Waals surface area contributed by atoms with E-state index in [-0.39, 0.29) is 0 Å². The normalized spacial score (nSPS) is 13.9. The molecule has 0 unspecified atom stereocenters. The molecule has 96 valence electrons. The highest BCUT2D eigenvalue weighted by Crippen LogP contribution is 2.57. The maximum absolute atomic E-state index is 11.6. The van der Waals surface area contributed by atoms with E-state index in [1.54, 1.807) is 0 Å². The second-order valence-corrected chi connectivity index (χ2v) is 3.62. The van der Waals surface area contributed by atoms with Crippen LogP contribution in [-0.4, -0.2) is 19.3 Å². The van der Waals surface area contributed by atoms with Crippen LogP contribution in [0.5, 0.6) is 0 Å². The maximum atomic E-state index is 11.6. The Bertz CT molecular complexity index is 264. The van der Waals surface area contributed by atoms with Gasteiger partial charge in [-0.1, -0.05) is 6.08 Å². The fourth-order valence-corrected chi connectivity index (χ4v) is 1.41. The van der Waals surface area contributed by atoms with Gasteiger partial charge >= 0.3 is 20.5 Å². The first-order chi connectivity index (χ1) is 6.97. The molecule has 0 N–H and O–H groups in total. The van der Waals surface area contributed by atoms with Crippen LogP contribution in [0.3, 0.4) is 0 Å². The first kappa shape index (κ1) is 15.4. The van der Waals surface area contributed by atoms with E-state index in [1.807, 2.05) is 0 Å². The molecule has 0 aromatic carbocycles. The molecule has 0 amide bonds. The lowest BCUT2D eigenvalue weighted by Crippen LogP contribution is -2.19. The molecule has 0 bridgehead atoms. The van der Waals surface area contributed by atoms with Crippen molar-refractivity contribution in [3.8, 4) is 0 Å². The van der Waals surface area contributed by atoms with Crippen molar-refractivity contribution < 1.29 is 44.5 Å². The van der Waals surface area contributed by atoms with Gasteiger partial charge in [-0.25, -0.2) is 4.57 Å². The third-order valence-electron chi connectivity index (χ3n) is 0.781. The van der Waals surface area contributed by atoms with Crippen LogP contribution < -0.4 is 0 Å². The molecule has 16 heavy (non-hydrogen) atoms. The third kappa shape index (κ3) is 7.69. The number of alkyl halides is 6. The summed E-state index contributed by atoms with van der Waals surface area (Å²) in [7, 11) is -5.80. The van der Waals surface area contributed by atoms with Gasteiger partial charge in [-0.3, -0.25) is 4.52 Å². The minimum atomic E-state index is -5.80. The number of hydrogen-bond donors (Lipinski definition) is 0. The summed E-state index contributed by atoms with van der Waals surface area (Å²) in [6.45, 7) is 2.07. The summed E-state index contributed by atoms with van der Waals surface area (Å²) in [6, 6.07) is 0. The molecular formula is C5H5F6O4P. The number of halogens is 6. The van der Waals surface area contributed by atoms with E-state index in [4.69, 9.17) is 0 Å². The summed E-state index contributed by atoms with van der Waals surface area (Å²) in [6.07, 6.45) is -10.4. The van der Waals surface area contributed by atoms with Crippen LogP contribution in [0.1, 0.15) is 0 Å². The molecule has 0 heterocycles. The van der Waals surface area contributed by atoms with Crippen LogP contribution in [0.4, 0.5) is 26.3 Å². The molecule has 11 heteroatoms. The maximum Gasteiger partial charge on any atom is 0.531 e. The molecule has 0 rings (SSSR count). The highest BCUT2D eigenvalue weighted by molar-refractivity contribution is 7.48. The fourth-order valence-electron chi connectivity index (χ4n) is 0.469. The van der Waals surface area contributed by atoms with Gasteiger partial charge in [0.25, 0.3) is 0 Å². The quantitative estimate of drug-likeness (QED) is 0.438. The van der Waals surface area contributed by atoms with E-state index in [1.165, 1.54) is 0 Å². The predicted molar refractivity (Wildman–Crippen MR) is 38.0 cm³/mol. The average molecular weight is 274 g/mol. The monoisotopic (exact) mass is 274 g/mol. The van der Waals surface area contributed by atoms with Crippen molar-refractivity contribution in [1.82, 2.24) is 0 Å². The van der Waals surface area contributed by atoms with Gasteiger partial charge in [-0.15, -0.1) is 32.9 Å². The van der Waals surface area contributed by atoms with Crippen molar-refractivity contribution in [2.45, 2.75) is 12.7 Å². The summed E-state index contributed by atoms with van der Waals surface area (Å²) in [5, 5.41) is 0. The molecule has 0 saturated carbocycles. The highest BCUT2D eigenvalue weighted by Gasteiger charge is 2.50. The largest absolute Gasteiger partial charge is 0.531 e. The predicted octanol–water partition coefficient (Wildman–Crippen LogP) is 3.37. The lowest BCUT2D eigenvalue weighted by Gasteiger charge is -2.19. The molecule has 0 aliphatic rings. The summed E-state index contributed by atoms with van der Waals surface area (Å²) >= 11 is 0. The topological polar surface area (TPSA) is 44.8 Å². The van der Waals surface area contributed by atoms with Crippen LogP contribution in [0.15, 0.2) is 12.7 Å². The van der Waals surface area contributed by atoms with Gasteiger partial charge in [-0.2, -0.15) is 9.05 Å². The Morgan fingerprint density at radius 2 is 1.44 bits per heavy atom. The van der Waals surface area contributed by atoms with E-state index in [0.29, 0.717) is 0 Å². The Balaban J connectivity index is 4.75. The standard InChI is InChI=1S/C5H5F6O4P/c1-2-3-13-16(12,14-4(6,7)8)15-5(9,10)11/h2H,1,3H2. The van der Waals surface area contributed by atoms with E-state index in [0.717, 1.165) is 6.08 Å². The van der Waals surface area contributed by atoms with Crippen molar-refractivity contribution >= 4 is 7.82 Å². The zero-order chi connectivity index (χ0) is 13.0. The highest BCUT2D eigenvalue weighted by atomic mass is 31.2. The van der Waals surface area contributed by atoms with E-state index in [9.17, 15) is 30.9 Å². The molecule has 0 saturated heterocycles. The Hall–Kier alpha value is -0.570. The Kier molecular flexibility index (Phi) is 4.99. The molecule has 0 aliphatic carbocycles. The van der Waals surface area contributed by atoms with Gasteiger partial charge in [0.05, 0.1) is 6.61 Å². The summed E-state index contributed by atoms with van der Waals surface area (Å²) in [4.78, 5) is 0. The van der Waals surface area contributed by atoms with Gasteiger partial charge in [0.15, 0.2) is 0 Å². The molecule has 0 aromatic heterocycles. The SMILES string of the molecule is C=CCOP(=O)(OC(F)(F)F)OC(F)(F)F. The molecule has 0 radical (unpaired) electrons. The first-order valence-corrected chi connectivity index (χ1v) is 4.84. The minimum Gasteiger partial charge on any atom is -0.282 e. The molecule has 0 spiro atoms. The average Bonchev–Trinajstić information content (AvgIpc) is 1.93. The zero-order valence-corrected chi connectivity index (χ0v) is 8.23. The number of rotatable bonds is 5. The lowest BCUT2D eigenvalue weighted by molar-refractivity contribution is -0.315. The zero-order valence-electron chi connectivity index (χ0n) is 7.34. The van der Waals surface area contributed by atoms with Crippen molar-refractivity contribution in [1.29, 1.82) is 0 Å². The van der Waals surface area contributed by atoms with Crippen LogP contribution in [0.2, 0.25) is 0 Å². The van der Waals surface area contributed by atoms with Crippen LogP contribution in [-0.2, 0) is 18.1 Å². The Morgan fingerprint density at radius 3 is 1.69 bits per heavy atom. The van der Waals surface area contributed by atoms with Gasteiger partial charge in [0, 0.05) is 0 Å². The van der Waals surface area contributed by atoms with Crippen molar-refractivity contribution in [3.63, 3.8) is 0 Å². The van der Waals surface area contributed by atoms with Crippen molar-refractivity contribution in [2.75, 3.05) is 6.61 Å². The molecule has 0 atom stereocenters. The fraction of sp³-hybridized carbons (Fsp3) is 0.600. The molecule has 0 aliphatic heterocycles. The van der Waals surface area contributed by atoms with Crippen molar-refractivity contribution in [3.05, 3.63) is 12.7 Å².